The number of carbonyl (C=O) groups is 1. The molecule has 3 aromatic rings. The van der Waals surface area contributed by atoms with E-state index in [0.29, 0.717) is 25.3 Å². The molecule has 1 atom stereocenters. The molecule has 0 unspecified atom stereocenters. The molecular weight excluding hydrogens is 326 g/mol. The predicted octanol–water partition coefficient (Wildman–Crippen LogP) is 4.28. The van der Waals surface area contributed by atoms with Crippen molar-refractivity contribution in [2.24, 2.45) is 0 Å². The first-order valence-electron chi connectivity index (χ1n) is 8.88. The van der Waals surface area contributed by atoms with Gasteiger partial charge < -0.3 is 9.32 Å². The van der Waals surface area contributed by atoms with Crippen LogP contribution in [0.5, 0.6) is 0 Å². The van der Waals surface area contributed by atoms with E-state index in [1.807, 2.05) is 61.2 Å². The Bertz CT molecular complexity index is 831. The molecule has 5 nitrogen and oxygen atoms in total. The van der Waals surface area contributed by atoms with E-state index in [4.69, 9.17) is 4.42 Å². The molecule has 134 valence electrons. The molecule has 2 heterocycles. The molecule has 0 radical (unpaired) electrons. The van der Waals surface area contributed by atoms with Crippen LogP contribution in [0.25, 0.3) is 11.3 Å². The van der Waals surface area contributed by atoms with Crippen LogP contribution in [0, 0.1) is 0 Å². The highest BCUT2D eigenvalue weighted by molar-refractivity contribution is 5.76. The summed E-state index contributed by atoms with van der Waals surface area (Å²) in [5.74, 6) is 1.41. The number of benzene rings is 1. The minimum atomic E-state index is 0.0138. The molecular formula is C21H23N3O2. The summed E-state index contributed by atoms with van der Waals surface area (Å²) in [4.78, 5) is 22.9. The third kappa shape index (κ3) is 4.17. The normalized spacial score (nSPS) is 11.9. The Morgan fingerprint density at radius 1 is 1.15 bits per heavy atom. The fourth-order valence-corrected chi connectivity index (χ4v) is 3.01. The van der Waals surface area contributed by atoms with E-state index < -0.39 is 0 Å². The number of aryl methyl sites for hydroxylation is 1. The van der Waals surface area contributed by atoms with Crippen LogP contribution in [0.4, 0.5) is 0 Å². The predicted molar refractivity (Wildman–Crippen MR) is 100 cm³/mol. The van der Waals surface area contributed by atoms with Crippen LogP contribution in [0.15, 0.2) is 65.5 Å². The molecule has 1 amide bonds. The molecule has 0 saturated carbocycles. The Morgan fingerprint density at radius 3 is 2.58 bits per heavy atom. The van der Waals surface area contributed by atoms with E-state index in [0.717, 1.165) is 16.9 Å². The van der Waals surface area contributed by atoms with Gasteiger partial charge in [-0.3, -0.25) is 9.78 Å². The van der Waals surface area contributed by atoms with Gasteiger partial charge in [0.2, 0.25) is 5.91 Å². The molecule has 0 spiro atoms. The Hall–Kier alpha value is -2.95. The number of pyridine rings is 1. The third-order valence-electron chi connectivity index (χ3n) is 4.48. The van der Waals surface area contributed by atoms with Crippen molar-refractivity contribution in [1.82, 2.24) is 14.9 Å². The molecule has 26 heavy (non-hydrogen) atoms. The van der Waals surface area contributed by atoms with Crippen LogP contribution in [0.1, 0.15) is 37.8 Å². The van der Waals surface area contributed by atoms with E-state index in [2.05, 4.69) is 9.97 Å². The fraction of sp³-hybridized carbons (Fsp3) is 0.286. The lowest BCUT2D eigenvalue weighted by atomic mass is 10.1. The van der Waals surface area contributed by atoms with Crippen LogP contribution in [-0.4, -0.2) is 27.3 Å². The second kappa shape index (κ2) is 8.43. The highest BCUT2D eigenvalue weighted by Crippen LogP contribution is 2.22. The van der Waals surface area contributed by atoms with Crippen LogP contribution >= 0.6 is 0 Å². The number of oxazole rings is 1. The van der Waals surface area contributed by atoms with Gasteiger partial charge in [0.1, 0.15) is 0 Å². The minimum absolute atomic E-state index is 0.0138. The summed E-state index contributed by atoms with van der Waals surface area (Å²) >= 11 is 0. The lowest BCUT2D eigenvalue weighted by Gasteiger charge is -2.28. The van der Waals surface area contributed by atoms with Crippen LogP contribution in [-0.2, 0) is 11.2 Å². The largest absolute Gasteiger partial charge is 0.441 e. The second-order valence-corrected chi connectivity index (χ2v) is 6.12. The van der Waals surface area contributed by atoms with Crippen molar-refractivity contribution >= 4 is 5.91 Å². The van der Waals surface area contributed by atoms with E-state index in [1.54, 1.807) is 18.6 Å². The number of rotatable bonds is 7. The Labute approximate surface area is 153 Å². The van der Waals surface area contributed by atoms with Crippen molar-refractivity contribution in [2.45, 2.75) is 32.7 Å². The standard InChI is InChI=1S/C21H23N3O2/c1-3-24(16(2)17-11-13-22-14-12-17)21(25)10-9-20-23-15-19(26-20)18-7-5-4-6-8-18/h4-8,11-16H,3,9-10H2,1-2H3/t16-/m0/s1. The first-order chi connectivity index (χ1) is 12.7. The molecule has 0 aliphatic heterocycles. The third-order valence-corrected chi connectivity index (χ3v) is 4.48. The maximum Gasteiger partial charge on any atom is 0.223 e. The molecule has 0 fully saturated rings. The molecule has 0 N–H and O–H groups in total. The number of hydrogen-bond donors (Lipinski definition) is 0. The zero-order valence-electron chi connectivity index (χ0n) is 15.1. The topological polar surface area (TPSA) is 59.2 Å². The lowest BCUT2D eigenvalue weighted by Crippen LogP contribution is -2.33. The highest BCUT2D eigenvalue weighted by atomic mass is 16.4. The van der Waals surface area contributed by atoms with Gasteiger partial charge in [0, 0.05) is 37.3 Å². The summed E-state index contributed by atoms with van der Waals surface area (Å²) in [5, 5.41) is 0. The maximum absolute atomic E-state index is 12.7. The van der Waals surface area contributed by atoms with Crippen LogP contribution < -0.4 is 0 Å². The first-order valence-corrected chi connectivity index (χ1v) is 8.88. The van der Waals surface area contributed by atoms with Gasteiger partial charge in [-0.2, -0.15) is 0 Å². The monoisotopic (exact) mass is 349 g/mol. The summed E-state index contributed by atoms with van der Waals surface area (Å²) in [7, 11) is 0. The molecule has 0 aliphatic rings. The maximum atomic E-state index is 12.7. The number of aromatic nitrogens is 2. The summed E-state index contributed by atoms with van der Waals surface area (Å²) in [5.41, 5.74) is 2.07. The minimum Gasteiger partial charge on any atom is -0.441 e. The van der Waals surface area contributed by atoms with Gasteiger partial charge in [-0.1, -0.05) is 30.3 Å². The van der Waals surface area contributed by atoms with Crippen LogP contribution in [0.3, 0.4) is 0 Å². The van der Waals surface area contributed by atoms with Gasteiger partial charge >= 0.3 is 0 Å². The smallest absolute Gasteiger partial charge is 0.223 e. The van der Waals surface area contributed by atoms with Gasteiger partial charge in [-0.15, -0.1) is 0 Å². The fourth-order valence-electron chi connectivity index (χ4n) is 3.01. The Kier molecular flexibility index (Phi) is 5.79. The van der Waals surface area contributed by atoms with Crippen LogP contribution in [0.2, 0.25) is 0 Å². The lowest BCUT2D eigenvalue weighted by molar-refractivity contribution is -0.133. The van der Waals surface area contributed by atoms with Crippen molar-refractivity contribution in [3.63, 3.8) is 0 Å². The van der Waals surface area contributed by atoms with Gasteiger partial charge in [0.05, 0.1) is 12.2 Å². The zero-order valence-corrected chi connectivity index (χ0v) is 15.1. The highest BCUT2D eigenvalue weighted by Gasteiger charge is 2.20. The number of nitrogens with zero attached hydrogens (tertiary/aromatic N) is 3. The van der Waals surface area contributed by atoms with Gasteiger partial charge in [-0.05, 0) is 31.5 Å². The van der Waals surface area contributed by atoms with E-state index in [9.17, 15) is 4.79 Å². The van der Waals surface area contributed by atoms with Crippen molar-refractivity contribution in [3.05, 3.63) is 72.5 Å². The molecule has 0 bridgehead atoms. The Balaban J connectivity index is 1.62. The van der Waals surface area contributed by atoms with Crippen molar-refractivity contribution in [1.29, 1.82) is 0 Å². The molecule has 2 aromatic heterocycles. The summed E-state index contributed by atoms with van der Waals surface area (Å²) in [6, 6.07) is 13.7. The zero-order chi connectivity index (χ0) is 18.4. The quantitative estimate of drug-likeness (QED) is 0.639. The molecule has 0 saturated heterocycles. The number of amides is 1. The van der Waals surface area contributed by atoms with E-state index >= 15 is 0 Å². The second-order valence-electron chi connectivity index (χ2n) is 6.12. The average molecular weight is 349 g/mol. The van der Waals surface area contributed by atoms with Gasteiger partial charge in [0.15, 0.2) is 11.7 Å². The van der Waals surface area contributed by atoms with Gasteiger partial charge in [-0.25, -0.2) is 4.98 Å². The van der Waals surface area contributed by atoms with E-state index in [-0.39, 0.29) is 11.9 Å². The van der Waals surface area contributed by atoms with Crippen molar-refractivity contribution in [2.75, 3.05) is 6.54 Å². The number of hydrogen-bond acceptors (Lipinski definition) is 4. The van der Waals surface area contributed by atoms with E-state index in [1.165, 1.54) is 0 Å². The molecule has 3 rings (SSSR count). The average Bonchev–Trinajstić information content (AvgIpc) is 3.17. The van der Waals surface area contributed by atoms with Crippen molar-refractivity contribution in [3.8, 4) is 11.3 Å². The number of carbonyl (C=O) groups excluding carboxylic acids is 1. The summed E-state index contributed by atoms with van der Waals surface area (Å²) in [6.45, 7) is 4.69. The molecule has 5 heteroatoms. The van der Waals surface area contributed by atoms with Gasteiger partial charge in [0.25, 0.3) is 0 Å². The summed E-state index contributed by atoms with van der Waals surface area (Å²) in [6.07, 6.45) is 6.08. The van der Waals surface area contributed by atoms with Crippen molar-refractivity contribution < 1.29 is 9.21 Å². The Morgan fingerprint density at radius 2 is 1.88 bits per heavy atom. The summed E-state index contributed by atoms with van der Waals surface area (Å²) < 4.78 is 5.79. The molecule has 1 aromatic carbocycles. The SMILES string of the molecule is CCN(C(=O)CCc1ncc(-c2ccccc2)o1)[C@@H](C)c1ccncc1. The molecule has 0 aliphatic carbocycles. The first kappa shape index (κ1) is 17.9.